The third kappa shape index (κ3) is 2.47. The van der Waals surface area contributed by atoms with E-state index in [2.05, 4.69) is 4.98 Å². The highest BCUT2D eigenvalue weighted by Gasteiger charge is 2.37. The SMILES string of the molecule is O=Cc1c(C(F)F)cnc(C(F)(F)F)c1I. The summed E-state index contributed by atoms with van der Waals surface area (Å²) in [6.45, 7) is 0. The average molecular weight is 351 g/mol. The number of nitrogens with zero attached hydrogens (tertiary/aromatic N) is 1. The normalized spacial score (nSPS) is 11.9. The van der Waals surface area contributed by atoms with E-state index < -0.39 is 33.0 Å². The number of pyridine rings is 1. The monoisotopic (exact) mass is 351 g/mol. The van der Waals surface area contributed by atoms with Crippen LogP contribution < -0.4 is 0 Å². The van der Waals surface area contributed by atoms with Crippen molar-refractivity contribution in [2.75, 3.05) is 0 Å². The summed E-state index contributed by atoms with van der Waals surface area (Å²) in [6, 6.07) is 0. The minimum Gasteiger partial charge on any atom is -0.298 e. The summed E-state index contributed by atoms with van der Waals surface area (Å²) >= 11 is 1.18. The van der Waals surface area contributed by atoms with E-state index in [1.165, 1.54) is 22.6 Å². The van der Waals surface area contributed by atoms with Gasteiger partial charge in [-0.3, -0.25) is 9.78 Å². The van der Waals surface area contributed by atoms with Gasteiger partial charge in [0.1, 0.15) is 0 Å². The van der Waals surface area contributed by atoms with Crippen molar-refractivity contribution < 1.29 is 26.7 Å². The Bertz CT molecular complexity index is 418. The molecule has 0 radical (unpaired) electrons. The molecule has 2 nitrogen and oxygen atoms in total. The molecule has 8 heteroatoms. The maximum Gasteiger partial charge on any atom is 0.434 e. The number of halogens is 6. The minimum atomic E-state index is -4.77. The Balaban J connectivity index is 3.46. The van der Waals surface area contributed by atoms with Gasteiger partial charge in [-0.25, -0.2) is 8.78 Å². The Labute approximate surface area is 100.0 Å². The van der Waals surface area contributed by atoms with Gasteiger partial charge in [0.15, 0.2) is 12.0 Å². The molecule has 0 saturated carbocycles. The second-order valence-electron chi connectivity index (χ2n) is 2.71. The third-order valence-corrected chi connectivity index (χ3v) is 2.80. The standard InChI is InChI=1S/C8H3F5INO/c9-7(10)3-1-15-6(8(11,12)13)5(14)4(3)2-16/h1-2,7H. The molecule has 1 heterocycles. The van der Waals surface area contributed by atoms with E-state index >= 15 is 0 Å². The number of hydrogen-bond acceptors (Lipinski definition) is 2. The largest absolute Gasteiger partial charge is 0.434 e. The van der Waals surface area contributed by atoms with Crippen LogP contribution >= 0.6 is 22.6 Å². The molecule has 0 fully saturated rings. The molecule has 0 amide bonds. The Kier molecular flexibility index (Phi) is 3.81. The first-order chi connectivity index (χ1) is 7.29. The highest BCUT2D eigenvalue weighted by Crippen LogP contribution is 2.34. The van der Waals surface area contributed by atoms with Gasteiger partial charge in [0.25, 0.3) is 6.43 Å². The van der Waals surface area contributed by atoms with Crippen molar-refractivity contribution in [2.45, 2.75) is 12.6 Å². The molecule has 0 N–H and O–H groups in total. The van der Waals surface area contributed by atoms with Crippen molar-refractivity contribution in [1.29, 1.82) is 0 Å². The zero-order chi connectivity index (χ0) is 12.5. The van der Waals surface area contributed by atoms with Gasteiger partial charge in [-0.1, -0.05) is 0 Å². The van der Waals surface area contributed by atoms with Crippen LogP contribution in [0.3, 0.4) is 0 Å². The van der Waals surface area contributed by atoms with Crippen LogP contribution in [0.5, 0.6) is 0 Å². The van der Waals surface area contributed by atoms with Crippen LogP contribution in [0.2, 0.25) is 0 Å². The lowest BCUT2D eigenvalue weighted by Crippen LogP contribution is -2.14. The molecule has 0 spiro atoms. The lowest BCUT2D eigenvalue weighted by Gasteiger charge is -2.11. The molecule has 0 atom stereocenters. The Hall–Kier alpha value is -0.800. The van der Waals surface area contributed by atoms with Gasteiger partial charge in [0, 0.05) is 17.3 Å². The maximum absolute atomic E-state index is 12.3. The molecule has 16 heavy (non-hydrogen) atoms. The van der Waals surface area contributed by atoms with Crippen LogP contribution in [-0.4, -0.2) is 11.3 Å². The van der Waals surface area contributed by atoms with Crippen molar-refractivity contribution in [3.63, 3.8) is 0 Å². The van der Waals surface area contributed by atoms with Gasteiger partial charge >= 0.3 is 6.18 Å². The highest BCUT2D eigenvalue weighted by molar-refractivity contribution is 14.1. The quantitative estimate of drug-likeness (QED) is 0.464. The van der Waals surface area contributed by atoms with E-state index in [4.69, 9.17) is 0 Å². The number of rotatable bonds is 2. The molecule has 1 rings (SSSR count). The van der Waals surface area contributed by atoms with Gasteiger partial charge in [-0.2, -0.15) is 13.2 Å². The second-order valence-corrected chi connectivity index (χ2v) is 3.78. The average Bonchev–Trinajstić information content (AvgIpc) is 2.14. The van der Waals surface area contributed by atoms with Gasteiger partial charge in [-0.05, 0) is 22.6 Å². The van der Waals surface area contributed by atoms with E-state index in [-0.39, 0.29) is 6.29 Å². The fourth-order valence-corrected chi connectivity index (χ4v) is 1.89. The Morgan fingerprint density at radius 1 is 1.38 bits per heavy atom. The van der Waals surface area contributed by atoms with E-state index in [0.29, 0.717) is 6.20 Å². The molecule has 0 saturated heterocycles. The van der Waals surface area contributed by atoms with Crippen LogP contribution in [0, 0.1) is 3.57 Å². The maximum atomic E-state index is 12.3. The summed E-state index contributed by atoms with van der Waals surface area (Å²) in [4.78, 5) is 13.4. The number of carbonyl (C=O) groups excluding carboxylic acids is 1. The van der Waals surface area contributed by atoms with Crippen LogP contribution in [0.1, 0.15) is 28.0 Å². The fraction of sp³-hybridized carbons (Fsp3) is 0.250. The molecule has 0 aromatic carbocycles. The summed E-state index contributed by atoms with van der Waals surface area (Å²) in [5.74, 6) is 0. The molecular weight excluding hydrogens is 348 g/mol. The van der Waals surface area contributed by atoms with Crippen molar-refractivity contribution >= 4 is 28.9 Å². The molecule has 1 aromatic rings. The van der Waals surface area contributed by atoms with Gasteiger partial charge in [0.05, 0.1) is 3.57 Å². The fourth-order valence-electron chi connectivity index (χ4n) is 1.01. The predicted octanol–water partition coefficient (Wildman–Crippen LogP) is 3.46. The van der Waals surface area contributed by atoms with Crippen LogP contribution in [0.4, 0.5) is 22.0 Å². The Morgan fingerprint density at radius 2 is 1.94 bits per heavy atom. The van der Waals surface area contributed by atoms with E-state index in [9.17, 15) is 26.7 Å². The predicted molar refractivity (Wildman–Crippen MR) is 52.3 cm³/mol. The van der Waals surface area contributed by atoms with Gasteiger partial charge in [-0.15, -0.1) is 0 Å². The van der Waals surface area contributed by atoms with E-state index in [1.54, 1.807) is 0 Å². The zero-order valence-corrected chi connectivity index (χ0v) is 9.51. The van der Waals surface area contributed by atoms with Crippen LogP contribution in [0.15, 0.2) is 6.20 Å². The molecule has 88 valence electrons. The van der Waals surface area contributed by atoms with Crippen molar-refractivity contribution in [1.82, 2.24) is 4.98 Å². The number of hydrogen-bond donors (Lipinski definition) is 0. The molecule has 0 aliphatic carbocycles. The highest BCUT2D eigenvalue weighted by atomic mass is 127. The molecule has 0 unspecified atom stereocenters. The first-order valence-electron chi connectivity index (χ1n) is 3.78. The summed E-state index contributed by atoms with van der Waals surface area (Å²) in [7, 11) is 0. The van der Waals surface area contributed by atoms with Crippen LogP contribution in [0.25, 0.3) is 0 Å². The second kappa shape index (κ2) is 4.60. The first-order valence-corrected chi connectivity index (χ1v) is 4.85. The topological polar surface area (TPSA) is 30.0 Å². The third-order valence-electron chi connectivity index (χ3n) is 1.71. The lowest BCUT2D eigenvalue weighted by molar-refractivity contribution is -0.142. The molecule has 0 aliphatic rings. The lowest BCUT2D eigenvalue weighted by atomic mass is 10.1. The van der Waals surface area contributed by atoms with E-state index in [1.807, 2.05) is 0 Å². The van der Waals surface area contributed by atoms with E-state index in [0.717, 1.165) is 0 Å². The summed E-state index contributed by atoms with van der Waals surface area (Å²) in [5, 5.41) is 0. The number of aldehydes is 1. The van der Waals surface area contributed by atoms with Crippen LogP contribution in [-0.2, 0) is 6.18 Å². The molecule has 1 aromatic heterocycles. The van der Waals surface area contributed by atoms with Crippen molar-refractivity contribution in [2.24, 2.45) is 0 Å². The minimum absolute atomic E-state index is 0.0276. The summed E-state index contributed by atoms with van der Waals surface area (Å²) in [5.41, 5.74) is -2.80. The van der Waals surface area contributed by atoms with Crippen molar-refractivity contribution in [3.8, 4) is 0 Å². The summed E-state index contributed by atoms with van der Waals surface area (Å²) < 4.78 is 61.0. The number of alkyl halides is 5. The smallest absolute Gasteiger partial charge is 0.298 e. The first kappa shape index (κ1) is 13.3. The summed E-state index contributed by atoms with van der Waals surface area (Å²) in [6.07, 6.45) is -7.46. The van der Waals surface area contributed by atoms with Gasteiger partial charge in [0.2, 0.25) is 0 Å². The molecular formula is C8H3F5INO. The molecule has 0 bridgehead atoms. The number of carbonyl (C=O) groups is 1. The number of aromatic nitrogens is 1. The Morgan fingerprint density at radius 3 is 2.31 bits per heavy atom. The zero-order valence-electron chi connectivity index (χ0n) is 7.36. The van der Waals surface area contributed by atoms with Crippen molar-refractivity contribution in [3.05, 3.63) is 26.6 Å². The molecule has 0 aliphatic heterocycles. The van der Waals surface area contributed by atoms with Gasteiger partial charge < -0.3 is 0 Å².